The maximum Gasteiger partial charge on any atom is 0.252 e. The van der Waals surface area contributed by atoms with Gasteiger partial charge >= 0.3 is 0 Å². The van der Waals surface area contributed by atoms with Gasteiger partial charge < -0.3 is 4.57 Å². The van der Waals surface area contributed by atoms with E-state index in [1.54, 1.807) is 24.3 Å². The fourth-order valence-corrected chi connectivity index (χ4v) is 6.99. The highest BCUT2D eigenvalue weighted by atomic mass is 32.2. The molecule has 5 rings (SSSR count). The third-order valence-corrected chi connectivity index (χ3v) is 9.26. The molecule has 1 aromatic heterocycles. The number of rotatable bonds is 3. The number of amides is 1. The standard InChI is InChI=1S/C25H25N3O3S2/c1-17-9-12-20(13-10-17)33(30,31)28-15-5-7-19(16-28)24(29)26-25-27(2)23-21-8-4-3-6-18(21)11-14-22(23)32-25/h3-4,6,8-14,19H,5,7,15-16H2,1-2H3. The van der Waals surface area contributed by atoms with Gasteiger partial charge in [-0.15, -0.1) is 0 Å². The molecule has 1 saturated heterocycles. The van der Waals surface area contributed by atoms with E-state index in [2.05, 4.69) is 29.3 Å². The molecule has 0 bridgehead atoms. The average Bonchev–Trinajstić information content (AvgIpc) is 3.15. The Balaban J connectivity index is 1.45. The van der Waals surface area contributed by atoms with Crippen LogP contribution < -0.4 is 4.80 Å². The number of piperidine rings is 1. The number of aryl methyl sites for hydroxylation is 2. The molecule has 3 aromatic carbocycles. The molecule has 0 radical (unpaired) electrons. The molecular weight excluding hydrogens is 454 g/mol. The zero-order valence-electron chi connectivity index (χ0n) is 18.6. The number of carbonyl (C=O) groups is 1. The highest BCUT2D eigenvalue weighted by Gasteiger charge is 2.33. The van der Waals surface area contributed by atoms with Gasteiger partial charge in [0, 0.05) is 25.5 Å². The number of nitrogens with zero attached hydrogens (tertiary/aromatic N) is 3. The second kappa shape index (κ2) is 8.52. The van der Waals surface area contributed by atoms with E-state index in [1.165, 1.54) is 15.6 Å². The summed E-state index contributed by atoms with van der Waals surface area (Å²) < 4.78 is 30.7. The van der Waals surface area contributed by atoms with Gasteiger partial charge in [-0.25, -0.2) is 8.42 Å². The summed E-state index contributed by atoms with van der Waals surface area (Å²) >= 11 is 1.48. The highest BCUT2D eigenvalue weighted by Crippen LogP contribution is 2.27. The molecule has 1 aliphatic rings. The van der Waals surface area contributed by atoms with E-state index in [4.69, 9.17) is 0 Å². The first-order valence-corrected chi connectivity index (χ1v) is 13.2. The lowest BCUT2D eigenvalue weighted by Gasteiger charge is -2.30. The first-order chi connectivity index (χ1) is 15.8. The van der Waals surface area contributed by atoms with Crippen LogP contribution in [0.25, 0.3) is 21.0 Å². The fourth-order valence-electron chi connectivity index (χ4n) is 4.43. The van der Waals surface area contributed by atoms with Crippen LogP contribution >= 0.6 is 11.3 Å². The molecule has 170 valence electrons. The molecule has 1 aliphatic heterocycles. The van der Waals surface area contributed by atoms with Crippen molar-refractivity contribution in [2.45, 2.75) is 24.7 Å². The van der Waals surface area contributed by atoms with Crippen molar-refractivity contribution >= 4 is 48.3 Å². The van der Waals surface area contributed by atoms with Gasteiger partial charge in [0.15, 0.2) is 4.80 Å². The van der Waals surface area contributed by atoms with Gasteiger partial charge in [-0.3, -0.25) is 4.79 Å². The molecule has 2 heterocycles. The van der Waals surface area contributed by atoms with Crippen molar-refractivity contribution in [1.82, 2.24) is 8.87 Å². The summed E-state index contributed by atoms with van der Waals surface area (Å²) in [4.78, 5) is 18.5. The van der Waals surface area contributed by atoms with Crippen molar-refractivity contribution in [3.8, 4) is 0 Å². The summed E-state index contributed by atoms with van der Waals surface area (Å²) in [5.74, 6) is -0.703. The third-order valence-electron chi connectivity index (χ3n) is 6.29. The number of thiazole rings is 1. The summed E-state index contributed by atoms with van der Waals surface area (Å²) in [5, 5.41) is 2.26. The van der Waals surface area contributed by atoms with Gasteiger partial charge in [0.25, 0.3) is 5.91 Å². The summed E-state index contributed by atoms with van der Waals surface area (Å²) in [5.41, 5.74) is 2.06. The zero-order chi connectivity index (χ0) is 23.2. The van der Waals surface area contributed by atoms with Crippen molar-refractivity contribution in [3.63, 3.8) is 0 Å². The normalized spacial score (nSPS) is 18.2. The average molecular weight is 480 g/mol. The van der Waals surface area contributed by atoms with Gasteiger partial charge in [-0.2, -0.15) is 9.30 Å². The van der Waals surface area contributed by atoms with Gasteiger partial charge in [-0.1, -0.05) is 59.4 Å². The monoisotopic (exact) mass is 479 g/mol. The van der Waals surface area contributed by atoms with Crippen LogP contribution in [0.2, 0.25) is 0 Å². The summed E-state index contributed by atoms with van der Waals surface area (Å²) in [6, 6.07) is 19.1. The maximum absolute atomic E-state index is 13.1. The molecule has 0 aliphatic carbocycles. The Kier molecular flexibility index (Phi) is 5.68. The topological polar surface area (TPSA) is 71.7 Å². The van der Waals surface area contributed by atoms with Crippen molar-refractivity contribution in [2.75, 3.05) is 13.1 Å². The van der Waals surface area contributed by atoms with Crippen LogP contribution in [-0.4, -0.2) is 36.3 Å². The lowest BCUT2D eigenvalue weighted by molar-refractivity contribution is -0.122. The molecule has 1 amide bonds. The van der Waals surface area contributed by atoms with Crippen LogP contribution in [0, 0.1) is 12.8 Å². The van der Waals surface area contributed by atoms with Crippen LogP contribution in [0.15, 0.2) is 70.6 Å². The smallest absolute Gasteiger partial charge is 0.252 e. The molecule has 0 spiro atoms. The SMILES string of the molecule is Cc1ccc(S(=O)(=O)N2CCCC(C(=O)N=c3sc4ccc5ccccc5c4n3C)C2)cc1. The molecule has 1 atom stereocenters. The Morgan fingerprint density at radius 3 is 2.61 bits per heavy atom. The predicted octanol–water partition coefficient (Wildman–Crippen LogP) is 4.23. The van der Waals surface area contributed by atoms with E-state index in [0.717, 1.165) is 26.6 Å². The number of aromatic nitrogens is 1. The minimum absolute atomic E-state index is 0.163. The third kappa shape index (κ3) is 4.03. The lowest BCUT2D eigenvalue weighted by atomic mass is 9.99. The Labute approximate surface area is 196 Å². The minimum atomic E-state index is -3.63. The molecule has 1 unspecified atom stereocenters. The summed E-state index contributed by atoms with van der Waals surface area (Å²) in [6.07, 6.45) is 1.28. The molecule has 0 saturated carbocycles. The van der Waals surface area contributed by atoms with E-state index in [0.29, 0.717) is 24.2 Å². The van der Waals surface area contributed by atoms with Crippen LogP contribution in [0.4, 0.5) is 0 Å². The molecule has 1 fully saturated rings. The van der Waals surface area contributed by atoms with Crippen LogP contribution in [0.5, 0.6) is 0 Å². The number of carbonyl (C=O) groups excluding carboxylic acids is 1. The van der Waals surface area contributed by atoms with Crippen molar-refractivity contribution < 1.29 is 13.2 Å². The van der Waals surface area contributed by atoms with E-state index in [-0.39, 0.29) is 17.3 Å². The number of hydrogen-bond acceptors (Lipinski definition) is 4. The summed E-state index contributed by atoms with van der Waals surface area (Å²) in [6.45, 7) is 2.50. The van der Waals surface area contributed by atoms with E-state index in [9.17, 15) is 13.2 Å². The first kappa shape index (κ1) is 22.0. The quantitative estimate of drug-likeness (QED) is 0.442. The fraction of sp³-hybridized carbons (Fsp3) is 0.280. The molecule has 0 N–H and O–H groups in total. The maximum atomic E-state index is 13.1. The van der Waals surface area contributed by atoms with Crippen molar-refractivity contribution in [3.05, 3.63) is 71.0 Å². The van der Waals surface area contributed by atoms with Crippen LogP contribution in [-0.2, 0) is 21.9 Å². The Morgan fingerprint density at radius 1 is 1.06 bits per heavy atom. The minimum Gasteiger partial charge on any atom is -0.319 e. The largest absolute Gasteiger partial charge is 0.319 e. The lowest BCUT2D eigenvalue weighted by Crippen LogP contribution is -2.42. The van der Waals surface area contributed by atoms with Crippen LogP contribution in [0.1, 0.15) is 18.4 Å². The second-order valence-corrected chi connectivity index (χ2v) is 11.5. The first-order valence-electron chi connectivity index (χ1n) is 11.0. The number of sulfonamides is 1. The number of fused-ring (bicyclic) bond motifs is 3. The van der Waals surface area contributed by atoms with Gasteiger partial charge in [-0.05, 0) is 43.4 Å². The van der Waals surface area contributed by atoms with Gasteiger partial charge in [0.1, 0.15) is 0 Å². The van der Waals surface area contributed by atoms with E-state index in [1.807, 2.05) is 30.7 Å². The van der Waals surface area contributed by atoms with Crippen molar-refractivity contribution in [1.29, 1.82) is 0 Å². The van der Waals surface area contributed by atoms with Crippen LogP contribution in [0.3, 0.4) is 0 Å². The number of hydrogen-bond donors (Lipinski definition) is 0. The Morgan fingerprint density at radius 2 is 1.82 bits per heavy atom. The molecule has 6 nitrogen and oxygen atoms in total. The van der Waals surface area contributed by atoms with E-state index < -0.39 is 15.9 Å². The molecule has 8 heteroatoms. The van der Waals surface area contributed by atoms with Gasteiger partial charge in [0.2, 0.25) is 10.0 Å². The second-order valence-electron chi connectivity index (χ2n) is 8.54. The molecule has 4 aromatic rings. The Hall–Kier alpha value is -2.81. The molecular formula is C25H25N3O3S2. The van der Waals surface area contributed by atoms with E-state index >= 15 is 0 Å². The zero-order valence-corrected chi connectivity index (χ0v) is 20.2. The van der Waals surface area contributed by atoms with Gasteiger partial charge in [0.05, 0.1) is 21.0 Å². The Bertz CT molecular complexity index is 1530. The van der Waals surface area contributed by atoms with Crippen molar-refractivity contribution in [2.24, 2.45) is 18.0 Å². The number of benzene rings is 3. The highest BCUT2D eigenvalue weighted by molar-refractivity contribution is 7.89. The predicted molar refractivity (Wildman–Crippen MR) is 132 cm³/mol. The summed E-state index contributed by atoms with van der Waals surface area (Å²) in [7, 11) is -1.71. The molecule has 33 heavy (non-hydrogen) atoms.